The van der Waals surface area contributed by atoms with E-state index in [2.05, 4.69) is 49.7 Å². The number of amides is 2. The van der Waals surface area contributed by atoms with Gasteiger partial charge in [-0.05, 0) is 37.2 Å². The van der Waals surface area contributed by atoms with Crippen LogP contribution in [0.5, 0.6) is 0 Å². The molecule has 1 fully saturated rings. The fraction of sp³-hybridized carbons (Fsp3) is 0.280. The third-order valence-corrected chi connectivity index (χ3v) is 6.21. The number of hydrogen-bond acceptors (Lipinski definition) is 5. The molecule has 33 heavy (non-hydrogen) atoms. The van der Waals surface area contributed by atoms with Crippen molar-refractivity contribution in [3.63, 3.8) is 0 Å². The van der Waals surface area contributed by atoms with Gasteiger partial charge in [0.2, 0.25) is 0 Å². The first-order chi connectivity index (χ1) is 16.1. The van der Waals surface area contributed by atoms with Crippen molar-refractivity contribution in [2.45, 2.75) is 25.8 Å². The van der Waals surface area contributed by atoms with Gasteiger partial charge in [0, 0.05) is 36.3 Å². The van der Waals surface area contributed by atoms with E-state index in [1.165, 1.54) is 5.56 Å². The van der Waals surface area contributed by atoms with Crippen molar-refractivity contribution in [1.29, 1.82) is 0 Å². The summed E-state index contributed by atoms with van der Waals surface area (Å²) in [4.78, 5) is 23.9. The molecule has 0 saturated carbocycles. The number of carbonyl (C=O) groups excluding carboxylic acids is 1. The Morgan fingerprint density at radius 2 is 1.94 bits per heavy atom. The minimum Gasteiger partial charge on any atom is -0.333 e. The van der Waals surface area contributed by atoms with Gasteiger partial charge < -0.3 is 10.2 Å². The van der Waals surface area contributed by atoms with Crippen molar-refractivity contribution in [1.82, 2.24) is 30.0 Å². The first kappa shape index (κ1) is 21.1. The SMILES string of the molecule is CCN1C[C@H](NC(=O)Nc2cc3cnn(-c4ccnc(C)c4)c3cn2)[C@@H](c2ccccc2)C1. The predicted molar refractivity (Wildman–Crippen MR) is 129 cm³/mol. The number of carbonyl (C=O) groups is 1. The highest BCUT2D eigenvalue weighted by atomic mass is 16.2. The average molecular weight is 442 g/mol. The minimum atomic E-state index is -0.247. The number of nitrogens with one attached hydrogen (secondary N) is 2. The number of hydrogen-bond donors (Lipinski definition) is 2. The molecule has 4 aromatic rings. The van der Waals surface area contributed by atoms with Gasteiger partial charge in [-0.15, -0.1) is 0 Å². The molecule has 1 aliphatic heterocycles. The van der Waals surface area contributed by atoms with Gasteiger partial charge in [-0.2, -0.15) is 5.10 Å². The highest BCUT2D eigenvalue weighted by molar-refractivity contribution is 5.91. The molecule has 168 valence electrons. The summed E-state index contributed by atoms with van der Waals surface area (Å²) in [7, 11) is 0. The van der Waals surface area contributed by atoms with E-state index in [0.29, 0.717) is 5.82 Å². The van der Waals surface area contributed by atoms with Crippen molar-refractivity contribution in [3.05, 3.63) is 78.4 Å². The maximum absolute atomic E-state index is 12.8. The number of aromatic nitrogens is 4. The van der Waals surface area contributed by atoms with Crippen LogP contribution in [0.1, 0.15) is 24.1 Å². The fourth-order valence-electron chi connectivity index (χ4n) is 4.51. The number of likely N-dealkylation sites (N-methyl/N-ethyl adjacent to an activating group) is 1. The monoisotopic (exact) mass is 441 g/mol. The summed E-state index contributed by atoms with van der Waals surface area (Å²) in [6.45, 7) is 6.82. The van der Waals surface area contributed by atoms with E-state index in [0.717, 1.165) is 41.9 Å². The molecule has 5 rings (SSSR count). The smallest absolute Gasteiger partial charge is 0.320 e. The molecule has 0 radical (unpaired) electrons. The van der Waals surface area contributed by atoms with E-state index in [-0.39, 0.29) is 18.0 Å². The molecule has 8 nitrogen and oxygen atoms in total. The number of rotatable bonds is 5. The van der Waals surface area contributed by atoms with Crippen molar-refractivity contribution in [2.24, 2.45) is 0 Å². The number of pyridine rings is 2. The Balaban J connectivity index is 1.31. The van der Waals surface area contributed by atoms with Gasteiger partial charge in [0.1, 0.15) is 5.82 Å². The first-order valence-corrected chi connectivity index (χ1v) is 11.2. The van der Waals surface area contributed by atoms with Crippen LogP contribution < -0.4 is 10.6 Å². The largest absolute Gasteiger partial charge is 0.333 e. The lowest BCUT2D eigenvalue weighted by Gasteiger charge is -2.20. The Kier molecular flexibility index (Phi) is 5.75. The Labute approximate surface area is 192 Å². The van der Waals surface area contributed by atoms with Crippen LogP contribution in [0.15, 0.2) is 67.1 Å². The molecule has 2 atom stereocenters. The quantitative estimate of drug-likeness (QED) is 0.493. The molecule has 4 heterocycles. The van der Waals surface area contributed by atoms with Crippen LogP contribution in [-0.4, -0.2) is 56.4 Å². The predicted octanol–water partition coefficient (Wildman–Crippen LogP) is 3.73. The molecule has 0 bridgehead atoms. The molecule has 0 aliphatic carbocycles. The maximum atomic E-state index is 12.8. The summed E-state index contributed by atoms with van der Waals surface area (Å²) in [6, 6.07) is 15.9. The minimum absolute atomic E-state index is 0.0359. The summed E-state index contributed by atoms with van der Waals surface area (Å²) in [6.07, 6.45) is 5.27. The zero-order chi connectivity index (χ0) is 22.8. The number of likely N-dealkylation sites (tertiary alicyclic amines) is 1. The second-order valence-electron chi connectivity index (χ2n) is 8.41. The Morgan fingerprint density at radius 3 is 2.73 bits per heavy atom. The van der Waals surface area contributed by atoms with Gasteiger partial charge in [-0.1, -0.05) is 37.3 Å². The van der Waals surface area contributed by atoms with Gasteiger partial charge in [-0.25, -0.2) is 14.5 Å². The van der Waals surface area contributed by atoms with Crippen LogP contribution in [0, 0.1) is 6.92 Å². The van der Waals surface area contributed by atoms with Crippen molar-refractivity contribution in [3.8, 4) is 5.69 Å². The number of anilines is 1. The normalized spacial score (nSPS) is 18.5. The number of aryl methyl sites for hydroxylation is 1. The molecule has 3 aromatic heterocycles. The molecule has 2 N–H and O–H groups in total. The first-order valence-electron chi connectivity index (χ1n) is 11.2. The lowest BCUT2D eigenvalue weighted by molar-refractivity contribution is 0.247. The zero-order valence-electron chi connectivity index (χ0n) is 18.8. The van der Waals surface area contributed by atoms with E-state index in [1.807, 2.05) is 48.0 Å². The second kappa shape index (κ2) is 8.99. The number of nitrogens with zero attached hydrogens (tertiary/aromatic N) is 5. The molecule has 0 spiro atoms. The Bertz CT molecular complexity index is 1270. The number of benzene rings is 1. The van der Waals surface area contributed by atoms with E-state index < -0.39 is 0 Å². The van der Waals surface area contributed by atoms with Crippen molar-refractivity contribution < 1.29 is 4.79 Å². The van der Waals surface area contributed by atoms with E-state index in [9.17, 15) is 4.79 Å². The third-order valence-electron chi connectivity index (χ3n) is 6.21. The van der Waals surface area contributed by atoms with Gasteiger partial charge in [-0.3, -0.25) is 10.3 Å². The summed E-state index contributed by atoms with van der Waals surface area (Å²) < 4.78 is 1.82. The molecular formula is C25H27N7O. The number of fused-ring (bicyclic) bond motifs is 1. The van der Waals surface area contributed by atoms with E-state index in [4.69, 9.17) is 0 Å². The maximum Gasteiger partial charge on any atom is 0.320 e. The van der Waals surface area contributed by atoms with Gasteiger partial charge in [0.15, 0.2) is 0 Å². The topological polar surface area (TPSA) is 88.0 Å². The van der Waals surface area contributed by atoms with Crippen LogP contribution in [0.25, 0.3) is 16.6 Å². The van der Waals surface area contributed by atoms with Crippen LogP contribution in [0.2, 0.25) is 0 Å². The number of urea groups is 1. The third kappa shape index (κ3) is 4.42. The zero-order valence-corrected chi connectivity index (χ0v) is 18.8. The standard InChI is InChI=1S/C25H27N7O/c1-3-31-15-21(18-7-5-4-6-8-18)22(16-31)29-25(33)30-24-12-19-13-28-32(23(19)14-27-24)20-9-10-26-17(2)11-20/h4-14,21-22H,3,15-16H2,1-2H3,(H2,27,29,30,33)/t21-,22+/m1/s1. The van der Waals surface area contributed by atoms with Gasteiger partial charge >= 0.3 is 6.03 Å². The summed E-state index contributed by atoms with van der Waals surface area (Å²) >= 11 is 0. The van der Waals surface area contributed by atoms with Crippen LogP contribution in [0.3, 0.4) is 0 Å². The van der Waals surface area contributed by atoms with Gasteiger partial charge in [0.05, 0.1) is 29.6 Å². The summed E-state index contributed by atoms with van der Waals surface area (Å²) in [5.74, 6) is 0.751. The molecule has 1 saturated heterocycles. The lowest BCUT2D eigenvalue weighted by atomic mass is 9.94. The second-order valence-corrected chi connectivity index (χ2v) is 8.41. The van der Waals surface area contributed by atoms with Crippen molar-refractivity contribution >= 4 is 22.8 Å². The summed E-state index contributed by atoms with van der Waals surface area (Å²) in [5.41, 5.74) is 3.95. The average Bonchev–Trinajstić information content (AvgIpc) is 3.43. The highest BCUT2D eigenvalue weighted by Crippen LogP contribution is 2.27. The van der Waals surface area contributed by atoms with Crippen LogP contribution >= 0.6 is 0 Å². The molecule has 0 unspecified atom stereocenters. The molecule has 2 amide bonds. The Hall–Kier alpha value is -3.78. The highest BCUT2D eigenvalue weighted by Gasteiger charge is 2.34. The molecule has 1 aromatic carbocycles. The van der Waals surface area contributed by atoms with E-state index in [1.54, 1.807) is 18.6 Å². The van der Waals surface area contributed by atoms with Crippen LogP contribution in [-0.2, 0) is 0 Å². The Morgan fingerprint density at radius 1 is 1.09 bits per heavy atom. The molecular weight excluding hydrogens is 414 g/mol. The molecule has 1 aliphatic rings. The molecule has 8 heteroatoms. The van der Waals surface area contributed by atoms with E-state index >= 15 is 0 Å². The summed E-state index contributed by atoms with van der Waals surface area (Å²) in [5, 5.41) is 11.4. The fourth-order valence-corrected chi connectivity index (χ4v) is 4.51. The van der Waals surface area contributed by atoms with Gasteiger partial charge in [0.25, 0.3) is 0 Å². The van der Waals surface area contributed by atoms with Crippen LogP contribution in [0.4, 0.5) is 10.6 Å². The lowest BCUT2D eigenvalue weighted by Crippen LogP contribution is -2.42. The van der Waals surface area contributed by atoms with Crippen molar-refractivity contribution in [2.75, 3.05) is 25.0 Å².